The van der Waals surface area contributed by atoms with Crippen LogP contribution in [0.3, 0.4) is 0 Å². The molecule has 0 aliphatic carbocycles. The molecular formula is C13H17N3O3S. The van der Waals surface area contributed by atoms with E-state index in [4.69, 9.17) is 10.2 Å². The summed E-state index contributed by atoms with van der Waals surface area (Å²) in [7, 11) is -3.75. The predicted molar refractivity (Wildman–Crippen MR) is 75.9 cm³/mol. The molecule has 0 aliphatic rings. The summed E-state index contributed by atoms with van der Waals surface area (Å²) in [4.78, 5) is 4.07. The molecule has 0 saturated heterocycles. The lowest BCUT2D eigenvalue weighted by Gasteiger charge is -2.09. The van der Waals surface area contributed by atoms with Crippen molar-refractivity contribution < 1.29 is 12.8 Å². The van der Waals surface area contributed by atoms with Crippen LogP contribution in [0.15, 0.2) is 27.8 Å². The number of rotatable bonds is 4. The first kappa shape index (κ1) is 14.5. The summed E-state index contributed by atoms with van der Waals surface area (Å²) in [6.45, 7) is 5.24. The van der Waals surface area contributed by atoms with Crippen LogP contribution >= 0.6 is 0 Å². The molecule has 0 radical (unpaired) electrons. The van der Waals surface area contributed by atoms with Gasteiger partial charge in [-0.25, -0.2) is 8.42 Å². The number of anilines is 1. The molecule has 0 aliphatic heterocycles. The largest absolute Gasteiger partial charge is 0.465 e. The number of furan rings is 1. The molecule has 108 valence electrons. The zero-order valence-electron chi connectivity index (χ0n) is 11.6. The fourth-order valence-electron chi connectivity index (χ4n) is 2.11. The highest BCUT2D eigenvalue weighted by Crippen LogP contribution is 2.27. The van der Waals surface area contributed by atoms with Crippen LogP contribution in [0.5, 0.6) is 0 Å². The third-order valence-electron chi connectivity index (χ3n) is 2.93. The summed E-state index contributed by atoms with van der Waals surface area (Å²) in [6.07, 6.45) is 3.10. The van der Waals surface area contributed by atoms with Crippen molar-refractivity contribution in [3.63, 3.8) is 0 Å². The van der Waals surface area contributed by atoms with Crippen molar-refractivity contribution in [2.45, 2.75) is 32.2 Å². The normalized spacial score (nSPS) is 11.6. The number of hydrogen-bond donors (Lipinski definition) is 2. The van der Waals surface area contributed by atoms with Gasteiger partial charge in [0.15, 0.2) is 0 Å². The van der Waals surface area contributed by atoms with Crippen LogP contribution in [0.1, 0.15) is 22.6 Å². The number of aromatic nitrogens is 1. The summed E-state index contributed by atoms with van der Waals surface area (Å²) in [5, 5.41) is 0. The second-order valence-electron chi connectivity index (χ2n) is 4.58. The summed E-state index contributed by atoms with van der Waals surface area (Å²) < 4.78 is 32.8. The highest BCUT2D eigenvalue weighted by Gasteiger charge is 2.26. The maximum Gasteiger partial charge on any atom is 0.265 e. The van der Waals surface area contributed by atoms with Crippen molar-refractivity contribution in [3.05, 3.63) is 41.1 Å². The molecule has 0 fully saturated rings. The number of sulfonamides is 1. The SMILES string of the molecule is Cc1cncc(NS(=O)(=O)c2c(C)oc(C)c2CN)c1. The van der Waals surface area contributed by atoms with Crippen molar-refractivity contribution in [1.29, 1.82) is 0 Å². The first-order valence-corrected chi connectivity index (χ1v) is 7.57. The number of nitrogens with two attached hydrogens (primary N) is 1. The zero-order chi connectivity index (χ0) is 14.9. The second kappa shape index (κ2) is 5.26. The van der Waals surface area contributed by atoms with Gasteiger partial charge < -0.3 is 10.2 Å². The summed E-state index contributed by atoms with van der Waals surface area (Å²) in [6, 6.07) is 1.70. The van der Waals surface area contributed by atoms with Gasteiger partial charge in [-0.15, -0.1) is 0 Å². The van der Waals surface area contributed by atoms with E-state index < -0.39 is 10.0 Å². The molecule has 2 aromatic rings. The minimum absolute atomic E-state index is 0.103. The van der Waals surface area contributed by atoms with E-state index in [9.17, 15) is 8.42 Å². The Morgan fingerprint density at radius 3 is 2.55 bits per heavy atom. The highest BCUT2D eigenvalue weighted by molar-refractivity contribution is 7.92. The molecule has 0 amide bonds. The standard InChI is InChI=1S/C13H17N3O3S/c1-8-4-11(7-15-6-8)16-20(17,18)13-10(3)19-9(2)12(13)5-14/h4,6-7,16H,5,14H2,1-3H3. The van der Waals surface area contributed by atoms with E-state index >= 15 is 0 Å². The minimum Gasteiger partial charge on any atom is -0.465 e. The van der Waals surface area contributed by atoms with E-state index in [0.717, 1.165) is 5.56 Å². The molecule has 0 bridgehead atoms. The summed E-state index contributed by atoms with van der Waals surface area (Å²) in [5.74, 6) is 0.851. The van der Waals surface area contributed by atoms with Crippen molar-refractivity contribution in [3.8, 4) is 0 Å². The van der Waals surface area contributed by atoms with Gasteiger partial charge in [0.2, 0.25) is 0 Å². The third kappa shape index (κ3) is 2.68. The molecule has 0 spiro atoms. The minimum atomic E-state index is -3.75. The van der Waals surface area contributed by atoms with Crippen molar-refractivity contribution in [2.75, 3.05) is 4.72 Å². The number of pyridine rings is 1. The number of hydrogen-bond acceptors (Lipinski definition) is 5. The van der Waals surface area contributed by atoms with Gasteiger partial charge in [-0.2, -0.15) is 0 Å². The molecule has 7 heteroatoms. The Morgan fingerprint density at radius 2 is 1.95 bits per heavy atom. The molecular weight excluding hydrogens is 278 g/mol. The average molecular weight is 295 g/mol. The number of nitrogens with zero attached hydrogens (tertiary/aromatic N) is 1. The van der Waals surface area contributed by atoms with Gasteiger partial charge in [0.1, 0.15) is 16.4 Å². The summed E-state index contributed by atoms with van der Waals surface area (Å²) in [5.41, 5.74) is 7.38. The fourth-order valence-corrected chi connectivity index (χ4v) is 3.61. The molecule has 0 aromatic carbocycles. The van der Waals surface area contributed by atoms with Crippen LogP contribution in [-0.4, -0.2) is 13.4 Å². The van der Waals surface area contributed by atoms with Crippen molar-refractivity contribution in [2.24, 2.45) is 5.73 Å². The molecule has 2 rings (SSSR count). The van der Waals surface area contributed by atoms with Gasteiger partial charge in [0, 0.05) is 18.3 Å². The first-order valence-electron chi connectivity index (χ1n) is 6.08. The Bertz CT molecular complexity index is 735. The van der Waals surface area contributed by atoms with Crippen molar-refractivity contribution in [1.82, 2.24) is 4.98 Å². The topological polar surface area (TPSA) is 98.2 Å². The Kier molecular flexibility index (Phi) is 3.82. The maximum atomic E-state index is 12.5. The van der Waals surface area contributed by atoms with Gasteiger partial charge in [0.05, 0.1) is 11.9 Å². The lowest BCUT2D eigenvalue weighted by atomic mass is 10.2. The highest BCUT2D eigenvalue weighted by atomic mass is 32.2. The second-order valence-corrected chi connectivity index (χ2v) is 6.20. The molecule has 2 heterocycles. The van der Waals surface area contributed by atoms with Gasteiger partial charge in [-0.1, -0.05) is 0 Å². The Morgan fingerprint density at radius 1 is 1.25 bits per heavy atom. The lowest BCUT2D eigenvalue weighted by Crippen LogP contribution is -2.16. The van der Waals surface area contributed by atoms with E-state index in [0.29, 0.717) is 22.8 Å². The average Bonchev–Trinajstić information content (AvgIpc) is 2.63. The van der Waals surface area contributed by atoms with E-state index in [1.165, 1.54) is 6.20 Å². The van der Waals surface area contributed by atoms with Crippen LogP contribution in [0.2, 0.25) is 0 Å². The molecule has 20 heavy (non-hydrogen) atoms. The molecule has 0 unspecified atom stereocenters. The van der Waals surface area contributed by atoms with Gasteiger partial charge in [-0.3, -0.25) is 9.71 Å². The number of aryl methyl sites for hydroxylation is 3. The van der Waals surface area contributed by atoms with Crippen LogP contribution in [-0.2, 0) is 16.6 Å². The van der Waals surface area contributed by atoms with Crippen molar-refractivity contribution >= 4 is 15.7 Å². The van der Waals surface area contributed by atoms with E-state index in [1.54, 1.807) is 26.1 Å². The zero-order valence-corrected chi connectivity index (χ0v) is 12.4. The molecule has 0 atom stereocenters. The van der Waals surface area contributed by atoms with Crippen LogP contribution in [0, 0.1) is 20.8 Å². The quantitative estimate of drug-likeness (QED) is 0.897. The fraction of sp³-hybridized carbons (Fsp3) is 0.308. The Labute approximate surface area is 118 Å². The Balaban J connectivity index is 2.46. The van der Waals surface area contributed by atoms with Gasteiger partial charge in [0.25, 0.3) is 10.0 Å². The van der Waals surface area contributed by atoms with Crippen LogP contribution in [0.4, 0.5) is 5.69 Å². The van der Waals surface area contributed by atoms with E-state index in [2.05, 4.69) is 9.71 Å². The predicted octanol–water partition coefficient (Wildman–Crippen LogP) is 1.86. The van der Waals surface area contributed by atoms with E-state index in [1.807, 2.05) is 6.92 Å². The van der Waals surface area contributed by atoms with Gasteiger partial charge in [-0.05, 0) is 32.4 Å². The first-order chi connectivity index (χ1) is 9.35. The monoisotopic (exact) mass is 295 g/mol. The van der Waals surface area contributed by atoms with E-state index in [-0.39, 0.29) is 11.4 Å². The number of nitrogens with one attached hydrogen (secondary N) is 1. The molecule has 0 saturated carbocycles. The molecule has 3 N–H and O–H groups in total. The molecule has 6 nitrogen and oxygen atoms in total. The van der Waals surface area contributed by atoms with Gasteiger partial charge >= 0.3 is 0 Å². The van der Waals surface area contributed by atoms with Crippen LogP contribution < -0.4 is 10.5 Å². The maximum absolute atomic E-state index is 12.5. The third-order valence-corrected chi connectivity index (χ3v) is 4.50. The smallest absolute Gasteiger partial charge is 0.265 e. The summed E-state index contributed by atoms with van der Waals surface area (Å²) >= 11 is 0. The molecule has 2 aromatic heterocycles. The lowest BCUT2D eigenvalue weighted by molar-refractivity contribution is 0.494. The van der Waals surface area contributed by atoms with Crippen LogP contribution in [0.25, 0.3) is 0 Å². The Hall–Kier alpha value is -1.86.